The molecule has 1 fully saturated rings. The molecular formula is C27H30F4N2O3S. The normalized spacial score (nSPS) is 16.7. The number of pyridine rings is 1. The van der Waals surface area contributed by atoms with Crippen molar-refractivity contribution >= 4 is 22.7 Å². The van der Waals surface area contributed by atoms with Crippen LogP contribution in [0.4, 0.5) is 17.6 Å². The zero-order valence-electron chi connectivity index (χ0n) is 20.5. The lowest BCUT2D eigenvalue weighted by Crippen LogP contribution is -2.43. The van der Waals surface area contributed by atoms with Gasteiger partial charge in [0.1, 0.15) is 29.0 Å². The third-order valence-corrected chi connectivity index (χ3v) is 8.28. The monoisotopic (exact) mass is 538 g/mol. The van der Waals surface area contributed by atoms with Gasteiger partial charge in [0.2, 0.25) is 0 Å². The Morgan fingerprint density at radius 1 is 1.08 bits per heavy atom. The molecule has 1 aromatic heterocycles. The number of thioether (sulfide) groups is 1. The number of nitrogens with zero attached hydrogens (tertiary/aromatic N) is 2. The molecule has 0 saturated carbocycles. The van der Waals surface area contributed by atoms with Crippen molar-refractivity contribution in [3.05, 3.63) is 65.4 Å². The standard InChI is InChI=1S/C27H30F4N2O3S/c1-36-18-2-3-23-19(14-18)25(22(31)15-32-23)24(35)4-5-27(16-34)6-8-33(9-7-27)10-11-37-26-20(29)12-17(28)13-21(26)30/h2-3,12-15,24,34-35H,4-11,16H2,1H3. The van der Waals surface area contributed by atoms with Gasteiger partial charge in [-0.25, -0.2) is 17.6 Å². The van der Waals surface area contributed by atoms with Crippen molar-refractivity contribution < 1.29 is 32.5 Å². The number of likely N-dealkylation sites (tertiary alicyclic amines) is 1. The number of aliphatic hydroxyl groups is 2. The fourth-order valence-electron chi connectivity index (χ4n) is 4.90. The Balaban J connectivity index is 1.33. The molecule has 4 rings (SSSR count). The topological polar surface area (TPSA) is 65.8 Å². The minimum absolute atomic E-state index is 0.0539. The summed E-state index contributed by atoms with van der Waals surface area (Å²) < 4.78 is 60.8. The van der Waals surface area contributed by atoms with Crippen LogP contribution in [-0.2, 0) is 0 Å². The first-order valence-corrected chi connectivity index (χ1v) is 13.1. The van der Waals surface area contributed by atoms with Crippen LogP contribution in [0.1, 0.15) is 37.4 Å². The van der Waals surface area contributed by atoms with Gasteiger partial charge in [0, 0.05) is 42.0 Å². The Kier molecular flexibility index (Phi) is 8.94. The summed E-state index contributed by atoms with van der Waals surface area (Å²) in [7, 11) is 1.51. The third kappa shape index (κ3) is 6.37. The summed E-state index contributed by atoms with van der Waals surface area (Å²) in [5.74, 6) is -2.38. The highest BCUT2D eigenvalue weighted by Gasteiger charge is 2.35. The summed E-state index contributed by atoms with van der Waals surface area (Å²) in [6.07, 6.45) is 2.16. The summed E-state index contributed by atoms with van der Waals surface area (Å²) in [5, 5.41) is 21.6. The summed E-state index contributed by atoms with van der Waals surface area (Å²) in [6.45, 7) is 1.88. The average Bonchev–Trinajstić information content (AvgIpc) is 2.89. The SMILES string of the molecule is COc1ccc2ncc(F)c(C(O)CCC3(CO)CCN(CCSc4c(F)cc(F)cc4F)CC3)c2c1. The van der Waals surface area contributed by atoms with Crippen LogP contribution in [-0.4, -0.2) is 59.2 Å². The summed E-state index contributed by atoms with van der Waals surface area (Å²) in [6, 6.07) is 6.45. The van der Waals surface area contributed by atoms with Crippen LogP contribution in [0.5, 0.6) is 5.75 Å². The first kappa shape index (κ1) is 27.6. The molecule has 0 spiro atoms. The van der Waals surface area contributed by atoms with E-state index in [0.29, 0.717) is 73.4 Å². The van der Waals surface area contributed by atoms with Crippen LogP contribution in [0, 0.1) is 28.7 Å². The van der Waals surface area contributed by atoms with E-state index < -0.39 is 34.8 Å². The molecule has 1 aliphatic heterocycles. The largest absolute Gasteiger partial charge is 0.497 e. The van der Waals surface area contributed by atoms with Crippen molar-refractivity contribution in [3.8, 4) is 5.75 Å². The van der Waals surface area contributed by atoms with Gasteiger partial charge in [-0.2, -0.15) is 0 Å². The van der Waals surface area contributed by atoms with Crippen molar-refractivity contribution in [2.75, 3.05) is 39.1 Å². The van der Waals surface area contributed by atoms with Crippen LogP contribution in [0.3, 0.4) is 0 Å². The number of fused-ring (bicyclic) bond motifs is 1. The van der Waals surface area contributed by atoms with E-state index in [0.717, 1.165) is 18.0 Å². The van der Waals surface area contributed by atoms with Crippen LogP contribution in [0.2, 0.25) is 0 Å². The molecule has 200 valence electrons. The maximum Gasteiger partial charge on any atom is 0.147 e. The second-order valence-corrected chi connectivity index (χ2v) is 10.6. The van der Waals surface area contributed by atoms with Gasteiger partial charge in [0.05, 0.1) is 29.8 Å². The second kappa shape index (κ2) is 12.0. The Labute approximate surface area is 217 Å². The fourth-order valence-corrected chi connectivity index (χ4v) is 5.85. The highest BCUT2D eigenvalue weighted by atomic mass is 32.2. The Bertz CT molecular complexity index is 1210. The first-order valence-electron chi connectivity index (χ1n) is 12.2. The quantitative estimate of drug-likeness (QED) is 0.263. The number of benzene rings is 2. The number of aromatic nitrogens is 1. The maximum atomic E-state index is 14.7. The van der Waals surface area contributed by atoms with Gasteiger partial charge in [-0.1, -0.05) is 0 Å². The zero-order chi connectivity index (χ0) is 26.6. The van der Waals surface area contributed by atoms with Crippen molar-refractivity contribution in [2.45, 2.75) is 36.7 Å². The number of hydrogen-bond acceptors (Lipinski definition) is 6. The number of rotatable bonds is 10. The molecule has 2 heterocycles. The molecular weight excluding hydrogens is 508 g/mol. The minimum atomic E-state index is -1.07. The zero-order valence-corrected chi connectivity index (χ0v) is 21.3. The van der Waals surface area contributed by atoms with E-state index in [1.807, 2.05) is 0 Å². The molecule has 3 aromatic rings. The highest BCUT2D eigenvalue weighted by Crippen LogP contribution is 2.39. The lowest BCUT2D eigenvalue weighted by Gasteiger charge is -2.41. The molecule has 10 heteroatoms. The Hall–Kier alpha value is -2.40. The molecule has 0 radical (unpaired) electrons. The van der Waals surface area contributed by atoms with E-state index in [-0.39, 0.29) is 23.5 Å². The van der Waals surface area contributed by atoms with Crippen LogP contribution < -0.4 is 4.74 Å². The van der Waals surface area contributed by atoms with E-state index in [9.17, 15) is 27.8 Å². The Morgan fingerprint density at radius 2 is 1.78 bits per heavy atom. The molecule has 37 heavy (non-hydrogen) atoms. The van der Waals surface area contributed by atoms with Crippen molar-refractivity contribution in [1.82, 2.24) is 9.88 Å². The highest BCUT2D eigenvalue weighted by molar-refractivity contribution is 7.99. The third-order valence-electron chi connectivity index (χ3n) is 7.22. The van der Waals surface area contributed by atoms with E-state index >= 15 is 0 Å². The lowest BCUT2D eigenvalue weighted by atomic mass is 9.74. The summed E-state index contributed by atoms with van der Waals surface area (Å²) in [5.41, 5.74) is 0.322. The van der Waals surface area contributed by atoms with Crippen LogP contribution in [0.25, 0.3) is 10.9 Å². The molecule has 1 unspecified atom stereocenters. The summed E-state index contributed by atoms with van der Waals surface area (Å²) >= 11 is 1.01. The first-order chi connectivity index (χ1) is 17.7. The van der Waals surface area contributed by atoms with E-state index in [1.165, 1.54) is 7.11 Å². The fraction of sp³-hybridized carbons (Fsp3) is 0.444. The van der Waals surface area contributed by atoms with Gasteiger partial charge in [-0.3, -0.25) is 4.98 Å². The number of aliphatic hydroxyl groups excluding tert-OH is 2. The maximum absolute atomic E-state index is 14.7. The number of methoxy groups -OCH3 is 1. The molecule has 5 nitrogen and oxygen atoms in total. The van der Waals surface area contributed by atoms with Gasteiger partial charge < -0.3 is 19.8 Å². The van der Waals surface area contributed by atoms with Crippen molar-refractivity contribution in [3.63, 3.8) is 0 Å². The average molecular weight is 539 g/mol. The molecule has 2 N–H and O–H groups in total. The van der Waals surface area contributed by atoms with Crippen LogP contribution in [0.15, 0.2) is 41.4 Å². The number of piperidine rings is 1. The molecule has 1 atom stereocenters. The smallest absolute Gasteiger partial charge is 0.147 e. The molecule has 1 saturated heterocycles. The van der Waals surface area contributed by atoms with Crippen molar-refractivity contribution in [2.24, 2.45) is 5.41 Å². The molecule has 0 aliphatic carbocycles. The predicted octanol–water partition coefficient (Wildman–Crippen LogP) is 5.48. The van der Waals surface area contributed by atoms with Gasteiger partial charge in [0.15, 0.2) is 0 Å². The van der Waals surface area contributed by atoms with E-state index in [2.05, 4.69) is 9.88 Å². The molecule has 2 aromatic carbocycles. The van der Waals surface area contributed by atoms with Gasteiger partial charge >= 0.3 is 0 Å². The number of halogens is 4. The second-order valence-electron chi connectivity index (χ2n) is 9.50. The number of ether oxygens (including phenoxy) is 1. The van der Waals surface area contributed by atoms with E-state index in [4.69, 9.17) is 4.74 Å². The van der Waals surface area contributed by atoms with Gasteiger partial charge in [-0.05, 0) is 62.4 Å². The molecule has 0 bridgehead atoms. The number of hydrogen-bond donors (Lipinski definition) is 2. The molecule has 1 aliphatic rings. The van der Waals surface area contributed by atoms with Gasteiger partial charge in [0.25, 0.3) is 0 Å². The lowest BCUT2D eigenvalue weighted by molar-refractivity contribution is 0.0251. The van der Waals surface area contributed by atoms with Crippen LogP contribution >= 0.6 is 11.8 Å². The van der Waals surface area contributed by atoms with Gasteiger partial charge in [-0.15, -0.1) is 11.8 Å². The Morgan fingerprint density at radius 3 is 2.43 bits per heavy atom. The van der Waals surface area contributed by atoms with Crippen molar-refractivity contribution in [1.29, 1.82) is 0 Å². The minimum Gasteiger partial charge on any atom is -0.497 e. The van der Waals surface area contributed by atoms with E-state index in [1.54, 1.807) is 18.2 Å². The summed E-state index contributed by atoms with van der Waals surface area (Å²) in [4.78, 5) is 6.06. The predicted molar refractivity (Wildman–Crippen MR) is 135 cm³/mol. The molecule has 0 amide bonds.